The Morgan fingerprint density at radius 3 is 2.44 bits per heavy atom. The second kappa shape index (κ2) is 7.01. The van der Waals surface area contributed by atoms with Crippen molar-refractivity contribution in [2.24, 2.45) is 5.73 Å². The molecule has 6 heteroatoms. The zero-order valence-corrected chi connectivity index (χ0v) is 15.0. The second-order valence-electron chi connectivity index (χ2n) is 5.93. The van der Waals surface area contributed by atoms with Gasteiger partial charge in [0.05, 0.1) is 11.1 Å². The lowest BCUT2D eigenvalue weighted by molar-refractivity contribution is 0.100. The van der Waals surface area contributed by atoms with Crippen LogP contribution in [-0.2, 0) is 0 Å². The van der Waals surface area contributed by atoms with Crippen molar-refractivity contribution >= 4 is 39.1 Å². The Morgan fingerprint density at radius 2 is 1.67 bits per heavy atom. The van der Waals surface area contributed by atoms with Gasteiger partial charge >= 0.3 is 0 Å². The number of nitrogens with two attached hydrogens (primary N) is 1. The van der Waals surface area contributed by atoms with E-state index >= 15 is 0 Å². The molecule has 2 heterocycles. The molecule has 4 rings (SSSR count). The van der Waals surface area contributed by atoms with E-state index in [2.05, 4.69) is 10.3 Å². The zero-order valence-electron chi connectivity index (χ0n) is 14.2. The summed E-state index contributed by atoms with van der Waals surface area (Å²) in [7, 11) is 0. The van der Waals surface area contributed by atoms with E-state index in [4.69, 9.17) is 5.73 Å². The molecular weight excluding hydrogens is 358 g/mol. The molecular formula is C21H15N3O2S. The third-order valence-corrected chi connectivity index (χ3v) is 5.21. The monoisotopic (exact) mass is 373 g/mol. The normalized spacial score (nSPS) is 10.7. The summed E-state index contributed by atoms with van der Waals surface area (Å²) in [5.41, 5.74) is 7.74. The summed E-state index contributed by atoms with van der Waals surface area (Å²) in [6.45, 7) is 0. The van der Waals surface area contributed by atoms with Gasteiger partial charge in [-0.3, -0.25) is 9.59 Å². The van der Waals surface area contributed by atoms with E-state index in [1.165, 1.54) is 11.3 Å². The molecule has 5 nitrogen and oxygen atoms in total. The number of para-hydroxylation sites is 1. The third kappa shape index (κ3) is 3.43. The third-order valence-electron chi connectivity index (χ3n) is 4.11. The van der Waals surface area contributed by atoms with Gasteiger partial charge in [-0.1, -0.05) is 54.6 Å². The van der Waals surface area contributed by atoms with Crippen LogP contribution in [-0.4, -0.2) is 16.8 Å². The molecule has 0 unspecified atom stereocenters. The number of hydrogen-bond donors (Lipinski definition) is 2. The van der Waals surface area contributed by atoms with E-state index in [0.717, 1.165) is 21.3 Å². The quantitative estimate of drug-likeness (QED) is 0.559. The molecule has 4 aromatic rings. The van der Waals surface area contributed by atoms with Crippen LogP contribution in [0.1, 0.15) is 20.8 Å². The van der Waals surface area contributed by atoms with Crippen LogP contribution in [0.5, 0.6) is 0 Å². The number of fused-ring (bicyclic) bond motifs is 1. The Hall–Kier alpha value is -3.51. The Labute approximate surface area is 159 Å². The highest BCUT2D eigenvalue weighted by Crippen LogP contribution is 2.35. The number of primary amides is 1. The summed E-state index contributed by atoms with van der Waals surface area (Å²) in [5, 5.41) is 4.15. The minimum Gasteiger partial charge on any atom is -0.366 e. The van der Waals surface area contributed by atoms with E-state index in [1.54, 1.807) is 12.1 Å². The molecule has 2 aromatic heterocycles. The van der Waals surface area contributed by atoms with Crippen molar-refractivity contribution in [2.75, 3.05) is 5.32 Å². The number of amides is 2. The van der Waals surface area contributed by atoms with Crippen molar-refractivity contribution in [1.82, 2.24) is 4.98 Å². The van der Waals surface area contributed by atoms with Gasteiger partial charge in [-0.25, -0.2) is 4.98 Å². The zero-order chi connectivity index (χ0) is 18.8. The van der Waals surface area contributed by atoms with Crippen molar-refractivity contribution in [1.29, 1.82) is 0 Å². The van der Waals surface area contributed by atoms with Gasteiger partial charge in [0.1, 0.15) is 10.7 Å². The second-order valence-corrected chi connectivity index (χ2v) is 6.98. The molecule has 0 atom stereocenters. The Morgan fingerprint density at radius 1 is 0.926 bits per heavy atom. The number of hydrogen-bond acceptors (Lipinski definition) is 4. The Kier molecular flexibility index (Phi) is 4.40. The van der Waals surface area contributed by atoms with Crippen LogP contribution >= 0.6 is 11.3 Å². The van der Waals surface area contributed by atoms with Crippen LogP contribution in [0.4, 0.5) is 5.00 Å². The van der Waals surface area contributed by atoms with Crippen molar-refractivity contribution in [2.45, 2.75) is 0 Å². The topological polar surface area (TPSA) is 85.1 Å². The largest absolute Gasteiger partial charge is 0.366 e. The molecule has 3 N–H and O–H groups in total. The van der Waals surface area contributed by atoms with Crippen LogP contribution in [0.15, 0.2) is 72.8 Å². The number of pyridine rings is 1. The number of thiophene rings is 1. The first-order valence-electron chi connectivity index (χ1n) is 8.28. The number of anilines is 1. The van der Waals surface area contributed by atoms with Crippen molar-refractivity contribution < 1.29 is 9.59 Å². The van der Waals surface area contributed by atoms with Crippen LogP contribution < -0.4 is 11.1 Å². The minimum absolute atomic E-state index is 0.277. The fourth-order valence-corrected chi connectivity index (χ4v) is 3.84. The molecule has 2 amide bonds. The van der Waals surface area contributed by atoms with Crippen LogP contribution in [0, 0.1) is 0 Å². The average Bonchev–Trinajstić information content (AvgIpc) is 3.12. The fourth-order valence-electron chi connectivity index (χ4n) is 2.77. The highest BCUT2D eigenvalue weighted by molar-refractivity contribution is 7.20. The number of aromatic nitrogens is 1. The van der Waals surface area contributed by atoms with Gasteiger partial charge in [-0.2, -0.15) is 0 Å². The summed E-state index contributed by atoms with van der Waals surface area (Å²) in [6.07, 6.45) is 0. The molecule has 27 heavy (non-hydrogen) atoms. The molecule has 0 bridgehead atoms. The SMILES string of the molecule is NC(=O)c1cc(-c2ccccc2)sc1NC(=O)c1ccc2ccccc2n1. The molecule has 0 aliphatic heterocycles. The molecule has 0 saturated carbocycles. The maximum absolute atomic E-state index is 12.7. The average molecular weight is 373 g/mol. The highest BCUT2D eigenvalue weighted by Gasteiger charge is 2.18. The summed E-state index contributed by atoms with van der Waals surface area (Å²) in [4.78, 5) is 29.7. The van der Waals surface area contributed by atoms with E-state index in [0.29, 0.717) is 5.00 Å². The first-order chi connectivity index (χ1) is 13.1. The summed E-state index contributed by atoms with van der Waals surface area (Å²) >= 11 is 1.31. The first kappa shape index (κ1) is 16.9. The first-order valence-corrected chi connectivity index (χ1v) is 9.09. The standard InChI is InChI=1S/C21H15N3O2S/c22-19(25)15-12-18(14-7-2-1-3-8-14)27-21(15)24-20(26)17-11-10-13-6-4-5-9-16(13)23-17/h1-12H,(H2,22,25)(H,24,26). The van der Waals surface area contributed by atoms with E-state index < -0.39 is 5.91 Å². The van der Waals surface area contributed by atoms with Crippen molar-refractivity contribution in [3.8, 4) is 10.4 Å². The predicted octanol–water partition coefficient (Wildman–Crippen LogP) is 4.31. The lowest BCUT2D eigenvalue weighted by Crippen LogP contribution is -2.17. The van der Waals surface area contributed by atoms with E-state index in [-0.39, 0.29) is 17.2 Å². The molecule has 0 aliphatic carbocycles. The molecule has 0 radical (unpaired) electrons. The van der Waals surface area contributed by atoms with Crippen LogP contribution in [0.2, 0.25) is 0 Å². The highest BCUT2D eigenvalue weighted by atomic mass is 32.1. The molecule has 0 aliphatic rings. The lowest BCUT2D eigenvalue weighted by Gasteiger charge is -2.05. The van der Waals surface area contributed by atoms with Gasteiger partial charge in [0.2, 0.25) is 0 Å². The lowest BCUT2D eigenvalue weighted by atomic mass is 10.1. The van der Waals surface area contributed by atoms with Gasteiger partial charge < -0.3 is 11.1 Å². The molecule has 132 valence electrons. The van der Waals surface area contributed by atoms with E-state index in [1.807, 2.05) is 60.7 Å². The van der Waals surface area contributed by atoms with Gasteiger partial charge in [-0.05, 0) is 23.8 Å². The van der Waals surface area contributed by atoms with E-state index in [9.17, 15) is 9.59 Å². The number of benzene rings is 2. The smallest absolute Gasteiger partial charge is 0.274 e. The number of carbonyl (C=O) groups is 2. The Bertz CT molecular complexity index is 1150. The van der Waals surface area contributed by atoms with Crippen LogP contribution in [0.3, 0.4) is 0 Å². The Balaban J connectivity index is 1.67. The summed E-state index contributed by atoms with van der Waals surface area (Å²) < 4.78 is 0. The summed E-state index contributed by atoms with van der Waals surface area (Å²) in [5.74, 6) is -0.972. The molecule has 0 fully saturated rings. The number of nitrogens with one attached hydrogen (secondary N) is 1. The van der Waals surface area contributed by atoms with Crippen molar-refractivity contribution in [3.63, 3.8) is 0 Å². The fraction of sp³-hybridized carbons (Fsp3) is 0. The maximum Gasteiger partial charge on any atom is 0.274 e. The van der Waals surface area contributed by atoms with Gasteiger partial charge in [0, 0.05) is 10.3 Å². The molecule has 2 aromatic carbocycles. The van der Waals surface area contributed by atoms with Crippen LogP contribution in [0.25, 0.3) is 21.3 Å². The van der Waals surface area contributed by atoms with Gasteiger partial charge in [-0.15, -0.1) is 11.3 Å². The maximum atomic E-state index is 12.7. The number of rotatable bonds is 4. The number of nitrogens with zero attached hydrogens (tertiary/aromatic N) is 1. The van der Waals surface area contributed by atoms with Gasteiger partial charge in [0.15, 0.2) is 0 Å². The summed E-state index contributed by atoms with van der Waals surface area (Å²) in [6, 6.07) is 22.4. The van der Waals surface area contributed by atoms with Gasteiger partial charge in [0.25, 0.3) is 11.8 Å². The van der Waals surface area contributed by atoms with Crippen molar-refractivity contribution in [3.05, 3.63) is 84.1 Å². The minimum atomic E-state index is -0.588. The number of carbonyl (C=O) groups excluding carboxylic acids is 2. The molecule has 0 saturated heterocycles. The molecule has 0 spiro atoms. The predicted molar refractivity (Wildman–Crippen MR) is 108 cm³/mol.